The maximum atomic E-state index is 11.0. The molecule has 2 unspecified atom stereocenters. The first-order valence-corrected chi connectivity index (χ1v) is 3.43. The van der Waals surface area contributed by atoms with Gasteiger partial charge in [0.15, 0.2) is 5.78 Å². The van der Waals surface area contributed by atoms with Gasteiger partial charge < -0.3 is 0 Å². The average Bonchev–Trinajstić information content (AvgIpc) is 2.43. The average molecular weight is 122 g/mol. The standard InChI is InChI=1S/C8H10O/c1-8-4-2-3-7(9)6(8)5-8/h2-3,6H,4-5H2,1H3. The van der Waals surface area contributed by atoms with Gasteiger partial charge in [-0.2, -0.15) is 0 Å². The number of fused-ring (bicyclic) bond motifs is 1. The Morgan fingerprint density at radius 1 is 1.78 bits per heavy atom. The van der Waals surface area contributed by atoms with Crippen LogP contribution in [-0.4, -0.2) is 5.78 Å². The SMILES string of the molecule is CC12CC=CC(=O)C1C2. The Kier molecular flexibility index (Phi) is 0.743. The Morgan fingerprint density at radius 2 is 2.56 bits per heavy atom. The molecule has 0 aromatic rings. The van der Waals surface area contributed by atoms with Crippen LogP contribution in [0.5, 0.6) is 0 Å². The van der Waals surface area contributed by atoms with E-state index < -0.39 is 0 Å². The molecule has 1 heteroatoms. The summed E-state index contributed by atoms with van der Waals surface area (Å²) in [4.78, 5) is 11.0. The first kappa shape index (κ1) is 5.21. The summed E-state index contributed by atoms with van der Waals surface area (Å²) in [6.07, 6.45) is 5.98. The van der Waals surface area contributed by atoms with Gasteiger partial charge in [0.1, 0.15) is 0 Å². The van der Waals surface area contributed by atoms with E-state index in [0.717, 1.165) is 12.8 Å². The minimum absolute atomic E-state index is 0.351. The zero-order chi connectivity index (χ0) is 6.48. The Bertz CT molecular complexity index is 193. The van der Waals surface area contributed by atoms with Crippen molar-refractivity contribution in [2.45, 2.75) is 19.8 Å². The molecule has 2 rings (SSSR count). The van der Waals surface area contributed by atoms with Gasteiger partial charge in [0, 0.05) is 5.92 Å². The van der Waals surface area contributed by atoms with Gasteiger partial charge >= 0.3 is 0 Å². The molecular weight excluding hydrogens is 112 g/mol. The van der Waals surface area contributed by atoms with Crippen molar-refractivity contribution in [3.63, 3.8) is 0 Å². The van der Waals surface area contributed by atoms with Crippen LogP contribution in [0.2, 0.25) is 0 Å². The van der Waals surface area contributed by atoms with Crippen LogP contribution in [0.3, 0.4) is 0 Å². The van der Waals surface area contributed by atoms with Crippen LogP contribution < -0.4 is 0 Å². The Labute approximate surface area is 54.8 Å². The summed E-state index contributed by atoms with van der Waals surface area (Å²) in [6, 6.07) is 0. The topological polar surface area (TPSA) is 17.1 Å². The largest absolute Gasteiger partial charge is 0.295 e. The van der Waals surface area contributed by atoms with Crippen LogP contribution in [0.25, 0.3) is 0 Å². The third-order valence-corrected chi connectivity index (χ3v) is 2.56. The maximum absolute atomic E-state index is 11.0. The summed E-state index contributed by atoms with van der Waals surface area (Å²) in [7, 11) is 0. The highest BCUT2D eigenvalue weighted by atomic mass is 16.1. The van der Waals surface area contributed by atoms with Crippen LogP contribution in [-0.2, 0) is 4.79 Å². The van der Waals surface area contributed by atoms with Crippen molar-refractivity contribution in [3.05, 3.63) is 12.2 Å². The summed E-state index contributed by atoms with van der Waals surface area (Å²) in [5, 5.41) is 0. The number of carbonyl (C=O) groups excluding carboxylic acids is 1. The number of hydrogen-bond acceptors (Lipinski definition) is 1. The highest BCUT2D eigenvalue weighted by Crippen LogP contribution is 2.57. The molecule has 0 bridgehead atoms. The smallest absolute Gasteiger partial charge is 0.159 e. The molecule has 2 aliphatic carbocycles. The van der Waals surface area contributed by atoms with Crippen molar-refractivity contribution in [1.82, 2.24) is 0 Å². The number of ketones is 1. The molecule has 0 N–H and O–H groups in total. The molecule has 0 aromatic heterocycles. The van der Waals surface area contributed by atoms with Crippen LogP contribution in [0.15, 0.2) is 12.2 Å². The molecule has 0 aliphatic heterocycles. The number of rotatable bonds is 0. The molecule has 1 nitrogen and oxygen atoms in total. The van der Waals surface area contributed by atoms with E-state index >= 15 is 0 Å². The van der Waals surface area contributed by atoms with Gasteiger partial charge in [-0.15, -0.1) is 0 Å². The van der Waals surface area contributed by atoms with Crippen LogP contribution >= 0.6 is 0 Å². The highest BCUT2D eigenvalue weighted by molar-refractivity contribution is 5.95. The fourth-order valence-electron chi connectivity index (χ4n) is 1.64. The van der Waals surface area contributed by atoms with E-state index in [1.165, 1.54) is 0 Å². The van der Waals surface area contributed by atoms with Gasteiger partial charge in [0.05, 0.1) is 0 Å². The van der Waals surface area contributed by atoms with E-state index in [1.54, 1.807) is 6.08 Å². The second-order valence-electron chi connectivity index (χ2n) is 3.42. The van der Waals surface area contributed by atoms with E-state index in [0.29, 0.717) is 17.1 Å². The number of carbonyl (C=O) groups is 1. The molecule has 0 spiro atoms. The monoisotopic (exact) mass is 122 g/mol. The molecular formula is C8H10O. The van der Waals surface area contributed by atoms with Crippen LogP contribution in [0, 0.1) is 11.3 Å². The van der Waals surface area contributed by atoms with Crippen molar-refractivity contribution in [2.24, 2.45) is 11.3 Å². The molecule has 2 aliphatic rings. The predicted molar refractivity (Wildman–Crippen MR) is 35.0 cm³/mol. The first-order chi connectivity index (χ1) is 4.22. The predicted octanol–water partition coefficient (Wildman–Crippen LogP) is 1.54. The summed E-state index contributed by atoms with van der Waals surface area (Å²) >= 11 is 0. The van der Waals surface area contributed by atoms with Gasteiger partial charge in [-0.1, -0.05) is 13.0 Å². The second kappa shape index (κ2) is 1.28. The van der Waals surface area contributed by atoms with Crippen molar-refractivity contribution in [2.75, 3.05) is 0 Å². The van der Waals surface area contributed by atoms with Crippen molar-refractivity contribution in [3.8, 4) is 0 Å². The first-order valence-electron chi connectivity index (χ1n) is 3.43. The molecule has 1 fully saturated rings. The minimum atomic E-state index is 0.351. The number of hydrogen-bond donors (Lipinski definition) is 0. The van der Waals surface area contributed by atoms with E-state index in [1.807, 2.05) is 6.08 Å². The molecule has 0 radical (unpaired) electrons. The summed E-state index contributed by atoms with van der Waals surface area (Å²) in [5.41, 5.74) is 0.381. The third-order valence-electron chi connectivity index (χ3n) is 2.56. The van der Waals surface area contributed by atoms with E-state index in [4.69, 9.17) is 0 Å². The van der Waals surface area contributed by atoms with Crippen molar-refractivity contribution >= 4 is 5.78 Å². The molecule has 0 heterocycles. The van der Waals surface area contributed by atoms with E-state index in [2.05, 4.69) is 6.92 Å². The lowest BCUT2D eigenvalue weighted by Gasteiger charge is -2.09. The lowest BCUT2D eigenvalue weighted by molar-refractivity contribution is -0.116. The third kappa shape index (κ3) is 0.576. The van der Waals surface area contributed by atoms with E-state index in [-0.39, 0.29) is 0 Å². The van der Waals surface area contributed by atoms with Gasteiger partial charge in [-0.3, -0.25) is 4.79 Å². The normalized spacial score (nSPS) is 46.8. The van der Waals surface area contributed by atoms with Gasteiger partial charge in [0.25, 0.3) is 0 Å². The summed E-state index contributed by atoms with van der Waals surface area (Å²) in [6.45, 7) is 2.19. The fraction of sp³-hybridized carbons (Fsp3) is 0.625. The van der Waals surface area contributed by atoms with Crippen molar-refractivity contribution < 1.29 is 4.79 Å². The molecule has 1 saturated carbocycles. The minimum Gasteiger partial charge on any atom is -0.295 e. The molecule has 9 heavy (non-hydrogen) atoms. The molecule has 0 saturated heterocycles. The zero-order valence-corrected chi connectivity index (χ0v) is 5.55. The van der Waals surface area contributed by atoms with Crippen molar-refractivity contribution in [1.29, 1.82) is 0 Å². The second-order valence-corrected chi connectivity index (χ2v) is 3.42. The highest BCUT2D eigenvalue weighted by Gasteiger charge is 2.53. The van der Waals surface area contributed by atoms with Gasteiger partial charge in [-0.05, 0) is 24.3 Å². The Hall–Kier alpha value is -0.590. The summed E-state index contributed by atoms with van der Waals surface area (Å²) < 4.78 is 0. The molecule has 2 atom stereocenters. The van der Waals surface area contributed by atoms with Crippen LogP contribution in [0.4, 0.5) is 0 Å². The number of allylic oxidation sites excluding steroid dienone is 2. The van der Waals surface area contributed by atoms with E-state index in [9.17, 15) is 4.79 Å². The maximum Gasteiger partial charge on any atom is 0.159 e. The molecule has 48 valence electrons. The zero-order valence-electron chi connectivity index (χ0n) is 5.55. The molecule has 0 aromatic carbocycles. The Morgan fingerprint density at radius 3 is 3.11 bits per heavy atom. The summed E-state index contributed by atoms with van der Waals surface area (Å²) in [5.74, 6) is 0.742. The fourth-order valence-corrected chi connectivity index (χ4v) is 1.64. The Balaban J connectivity index is 2.29. The quantitative estimate of drug-likeness (QED) is 0.476. The van der Waals surface area contributed by atoms with Gasteiger partial charge in [0.2, 0.25) is 0 Å². The lowest BCUT2D eigenvalue weighted by Crippen LogP contribution is -2.08. The van der Waals surface area contributed by atoms with Crippen LogP contribution in [0.1, 0.15) is 19.8 Å². The molecule has 0 amide bonds. The lowest BCUT2D eigenvalue weighted by atomic mass is 9.95. The van der Waals surface area contributed by atoms with Gasteiger partial charge in [-0.25, -0.2) is 0 Å².